The maximum absolute atomic E-state index is 13.0. The number of rotatable bonds is 5. The molecular weight excluding hydrogens is 537 g/mol. The molecule has 0 amide bonds. The monoisotopic (exact) mass is 565 g/mol. The van der Waals surface area contributed by atoms with Crippen LogP contribution in [0.2, 0.25) is 10.0 Å². The molecule has 1 unspecified atom stereocenters. The quantitative estimate of drug-likeness (QED) is 0.321. The molecule has 4 heterocycles. The van der Waals surface area contributed by atoms with Crippen LogP contribution >= 0.6 is 23.2 Å². The first-order chi connectivity index (χ1) is 18.7. The summed E-state index contributed by atoms with van der Waals surface area (Å²) in [6.45, 7) is 8.35. The molecule has 0 radical (unpaired) electrons. The Balaban J connectivity index is 1.28. The summed E-state index contributed by atoms with van der Waals surface area (Å²) in [7, 11) is 0. The van der Waals surface area contributed by atoms with Crippen LogP contribution in [0.5, 0.6) is 0 Å². The number of ether oxygens (including phenoxy) is 1. The van der Waals surface area contributed by atoms with Gasteiger partial charge in [0, 0.05) is 37.1 Å². The molecule has 4 aromatic rings. The van der Waals surface area contributed by atoms with Crippen LogP contribution in [0, 0.1) is 11.3 Å². The standard InChI is InChI=1S/C28H29Cl2N7O2/c1-28(2)20-7-6-18(12-17(20)8-10-36(28)14-16-9-11-39-15-16)33-26-32-13-19-24(31)37(27(38)35-25(19)34-26)23-21(29)4-3-5-22(23)30/h3-7,12-13,16,31H,8-11,14-15H2,1-2H3,(H2,32,33,34,35,38). The van der Waals surface area contributed by atoms with E-state index < -0.39 is 5.69 Å². The zero-order chi connectivity index (χ0) is 27.3. The van der Waals surface area contributed by atoms with Crippen LogP contribution in [0.1, 0.15) is 31.4 Å². The molecule has 6 rings (SSSR count). The number of nitrogens with one attached hydrogen (secondary N) is 3. The number of halogens is 2. The van der Waals surface area contributed by atoms with Crippen LogP contribution in [0.4, 0.5) is 11.6 Å². The normalized spacial score (nSPS) is 18.8. The number of benzene rings is 2. The van der Waals surface area contributed by atoms with Gasteiger partial charge in [-0.15, -0.1) is 0 Å². The number of H-pyrrole nitrogens is 1. The third-order valence-electron chi connectivity index (χ3n) is 7.82. The van der Waals surface area contributed by atoms with Gasteiger partial charge in [-0.3, -0.25) is 15.3 Å². The zero-order valence-corrected chi connectivity index (χ0v) is 23.2. The van der Waals surface area contributed by atoms with E-state index in [9.17, 15) is 4.79 Å². The summed E-state index contributed by atoms with van der Waals surface area (Å²) in [5, 5.41) is 12.8. The van der Waals surface area contributed by atoms with Crippen molar-refractivity contribution in [2.24, 2.45) is 5.92 Å². The molecule has 3 N–H and O–H groups in total. The summed E-state index contributed by atoms with van der Waals surface area (Å²) in [4.78, 5) is 27.2. The zero-order valence-electron chi connectivity index (χ0n) is 21.7. The van der Waals surface area contributed by atoms with Crippen LogP contribution in [-0.4, -0.2) is 50.7 Å². The van der Waals surface area contributed by atoms with Crippen LogP contribution in [0.3, 0.4) is 0 Å². The minimum atomic E-state index is -0.572. The highest BCUT2D eigenvalue weighted by Crippen LogP contribution is 2.37. The summed E-state index contributed by atoms with van der Waals surface area (Å²) in [5.74, 6) is 0.924. The first-order valence-electron chi connectivity index (χ1n) is 13.0. The minimum absolute atomic E-state index is 0.0713. The smallest absolute Gasteiger partial charge is 0.333 e. The predicted molar refractivity (Wildman–Crippen MR) is 152 cm³/mol. The maximum atomic E-state index is 13.0. The lowest BCUT2D eigenvalue weighted by molar-refractivity contribution is 0.0807. The Labute approximate surface area is 235 Å². The van der Waals surface area contributed by atoms with Gasteiger partial charge >= 0.3 is 5.69 Å². The molecule has 2 aromatic heterocycles. The van der Waals surface area contributed by atoms with Gasteiger partial charge in [0.25, 0.3) is 0 Å². The van der Waals surface area contributed by atoms with Crippen molar-refractivity contribution in [2.45, 2.75) is 32.2 Å². The van der Waals surface area contributed by atoms with Gasteiger partial charge in [-0.25, -0.2) is 14.3 Å². The second-order valence-electron chi connectivity index (χ2n) is 10.6. The van der Waals surface area contributed by atoms with Crippen LogP contribution in [-0.2, 0) is 16.7 Å². The number of hydrogen-bond donors (Lipinski definition) is 3. The van der Waals surface area contributed by atoms with Crippen molar-refractivity contribution in [3.8, 4) is 5.69 Å². The third kappa shape index (κ3) is 4.74. The average Bonchev–Trinajstić information content (AvgIpc) is 3.40. The van der Waals surface area contributed by atoms with Gasteiger partial charge in [-0.05, 0) is 68.0 Å². The number of aromatic amines is 1. The topological polar surface area (TPSA) is 112 Å². The summed E-state index contributed by atoms with van der Waals surface area (Å²) in [6, 6.07) is 11.3. The molecule has 0 aliphatic carbocycles. The fourth-order valence-electron chi connectivity index (χ4n) is 5.67. The molecule has 1 atom stereocenters. The Morgan fingerprint density at radius 3 is 2.77 bits per heavy atom. The van der Waals surface area contributed by atoms with E-state index >= 15 is 0 Å². The van der Waals surface area contributed by atoms with E-state index in [1.54, 1.807) is 18.2 Å². The molecule has 39 heavy (non-hydrogen) atoms. The predicted octanol–water partition coefficient (Wildman–Crippen LogP) is 4.77. The lowest BCUT2D eigenvalue weighted by atomic mass is 9.82. The van der Waals surface area contributed by atoms with Crippen LogP contribution < -0.4 is 16.5 Å². The number of fused-ring (bicyclic) bond motifs is 2. The molecule has 1 saturated heterocycles. The van der Waals surface area contributed by atoms with Crippen molar-refractivity contribution in [3.05, 3.63) is 79.7 Å². The first kappa shape index (κ1) is 26.0. The molecule has 2 aliphatic heterocycles. The van der Waals surface area contributed by atoms with Crippen molar-refractivity contribution in [2.75, 3.05) is 31.6 Å². The molecule has 2 aromatic carbocycles. The molecule has 0 bridgehead atoms. The van der Waals surface area contributed by atoms with Crippen molar-refractivity contribution < 1.29 is 4.74 Å². The molecule has 202 valence electrons. The summed E-state index contributed by atoms with van der Waals surface area (Å²) >= 11 is 12.6. The van der Waals surface area contributed by atoms with Crippen molar-refractivity contribution in [3.63, 3.8) is 0 Å². The van der Waals surface area contributed by atoms with E-state index in [0.717, 1.165) is 49.4 Å². The lowest BCUT2D eigenvalue weighted by Crippen LogP contribution is -2.48. The molecule has 11 heteroatoms. The second-order valence-corrected chi connectivity index (χ2v) is 11.4. The Morgan fingerprint density at radius 1 is 1.23 bits per heavy atom. The largest absolute Gasteiger partial charge is 0.381 e. The molecule has 0 spiro atoms. The molecule has 9 nitrogen and oxygen atoms in total. The fourth-order valence-corrected chi connectivity index (χ4v) is 6.24. The van der Waals surface area contributed by atoms with E-state index in [4.69, 9.17) is 33.3 Å². The van der Waals surface area contributed by atoms with E-state index in [0.29, 0.717) is 17.3 Å². The maximum Gasteiger partial charge on any atom is 0.333 e. The highest BCUT2D eigenvalue weighted by molar-refractivity contribution is 6.37. The van der Waals surface area contributed by atoms with Gasteiger partial charge in [0.05, 0.1) is 27.7 Å². The van der Waals surface area contributed by atoms with Crippen LogP contribution in [0.25, 0.3) is 16.7 Å². The van der Waals surface area contributed by atoms with Gasteiger partial charge in [0.1, 0.15) is 5.49 Å². The molecular formula is C28H29Cl2N7O2. The summed E-state index contributed by atoms with van der Waals surface area (Å²) < 4.78 is 6.72. The Kier molecular flexibility index (Phi) is 6.71. The van der Waals surface area contributed by atoms with Gasteiger partial charge in [-0.1, -0.05) is 35.3 Å². The van der Waals surface area contributed by atoms with Gasteiger partial charge in [0.15, 0.2) is 5.65 Å². The van der Waals surface area contributed by atoms with E-state index in [2.05, 4.69) is 51.1 Å². The number of para-hydroxylation sites is 1. The minimum Gasteiger partial charge on any atom is -0.381 e. The fraction of sp³-hybridized carbons (Fsp3) is 0.357. The second kappa shape index (κ2) is 10.1. The summed E-state index contributed by atoms with van der Waals surface area (Å²) in [5.41, 5.74) is 3.21. The van der Waals surface area contributed by atoms with E-state index in [1.807, 2.05) is 6.07 Å². The van der Waals surface area contributed by atoms with Gasteiger partial charge in [-0.2, -0.15) is 4.98 Å². The van der Waals surface area contributed by atoms with Crippen molar-refractivity contribution in [1.82, 2.24) is 24.4 Å². The van der Waals surface area contributed by atoms with E-state index in [1.165, 1.54) is 17.3 Å². The van der Waals surface area contributed by atoms with Crippen LogP contribution in [0.15, 0.2) is 47.4 Å². The SMILES string of the molecule is CC1(C)c2ccc(Nc3ncc4c(=N)n(-c5c(Cl)cccc5Cl)c(=O)[nH]c4n3)cc2CCN1CC1CCOC1. The summed E-state index contributed by atoms with van der Waals surface area (Å²) in [6.07, 6.45) is 3.60. The molecule has 2 aliphatic rings. The number of anilines is 2. The van der Waals surface area contributed by atoms with Gasteiger partial charge < -0.3 is 10.1 Å². The Morgan fingerprint density at radius 2 is 2.03 bits per heavy atom. The van der Waals surface area contributed by atoms with Crippen molar-refractivity contribution in [1.29, 1.82) is 5.41 Å². The average molecular weight is 566 g/mol. The van der Waals surface area contributed by atoms with E-state index in [-0.39, 0.29) is 32.4 Å². The first-order valence-corrected chi connectivity index (χ1v) is 13.7. The highest BCUT2D eigenvalue weighted by Gasteiger charge is 2.36. The Bertz CT molecular complexity index is 1670. The highest BCUT2D eigenvalue weighted by atomic mass is 35.5. The molecule has 0 saturated carbocycles. The lowest BCUT2D eigenvalue weighted by Gasteiger charge is -2.45. The van der Waals surface area contributed by atoms with Gasteiger partial charge in [0.2, 0.25) is 5.95 Å². The number of aromatic nitrogens is 4. The molecule has 1 fully saturated rings. The number of nitrogens with zero attached hydrogens (tertiary/aromatic N) is 4. The third-order valence-corrected chi connectivity index (χ3v) is 8.43. The number of hydrogen-bond acceptors (Lipinski definition) is 7. The van der Waals surface area contributed by atoms with Crippen molar-refractivity contribution >= 4 is 45.9 Å². The Hall–Kier alpha value is -3.24.